The molecular formula is C99H119F3N22O11. The number of aliphatic hydroxyl groups excluding tert-OH is 2. The van der Waals surface area contributed by atoms with Gasteiger partial charge in [0.1, 0.15) is 5.75 Å². The van der Waals surface area contributed by atoms with Gasteiger partial charge in [-0.05, 0) is 134 Å². The Morgan fingerprint density at radius 1 is 0.407 bits per heavy atom. The molecule has 135 heavy (non-hydrogen) atoms. The molecule has 4 amide bonds. The van der Waals surface area contributed by atoms with Gasteiger partial charge in [0.05, 0.1) is 95.4 Å². The summed E-state index contributed by atoms with van der Waals surface area (Å²) in [7, 11) is 5.56. The van der Waals surface area contributed by atoms with Crippen molar-refractivity contribution in [3.8, 4) is 39.1 Å². The Labute approximate surface area is 781 Å². The van der Waals surface area contributed by atoms with Gasteiger partial charge in [-0.1, -0.05) is 30.3 Å². The molecule has 4 saturated heterocycles. The van der Waals surface area contributed by atoms with Crippen molar-refractivity contribution in [1.82, 2.24) is 88.1 Å². The molecule has 19 heterocycles. The molecule has 33 nitrogen and oxygen atoms in total. The van der Waals surface area contributed by atoms with Crippen LogP contribution in [0.2, 0.25) is 0 Å². The number of alkyl halides is 3. The zero-order valence-corrected chi connectivity index (χ0v) is 77.9. The molecule has 0 bridgehead atoms. The van der Waals surface area contributed by atoms with Gasteiger partial charge in [-0.2, -0.15) is 35.7 Å². The third-order valence-electron chi connectivity index (χ3n) is 29.0. The number of anilines is 8. The second kappa shape index (κ2) is 38.2. The first kappa shape index (κ1) is 90.6. The molecular weight excluding hydrogens is 1730 g/mol. The molecule has 23 rings (SSSR count). The highest BCUT2D eigenvalue weighted by molar-refractivity contribution is 5.83. The number of rotatable bonds is 14. The second-order valence-electron chi connectivity index (χ2n) is 37.9. The zero-order chi connectivity index (χ0) is 93.2. The number of benzene rings is 4. The number of hydrogen-bond donors (Lipinski definition) is 2. The predicted octanol–water partition coefficient (Wildman–Crippen LogP) is 11.9. The van der Waals surface area contributed by atoms with Gasteiger partial charge in [-0.15, -0.1) is 13.2 Å². The minimum absolute atomic E-state index is 0.0143. The lowest BCUT2D eigenvalue weighted by molar-refractivity contribution is -0.274. The number of carbonyl (C=O) groups is 4. The summed E-state index contributed by atoms with van der Waals surface area (Å²) in [6.45, 7) is 20.3. The standard InChI is InChI=1S/C26H29F3N6O3.2C26H32N6O3.C21H26N4O2/c1-16(36)33-8-5-22-21(14-33)25(31-35(22)19-6-9-37-15-19)34-7-3-4-17-10-20(18-12-30-32(2)13-18)24(11-23(17)34)38-26(27,28)29;2*1-17(34)30-7-5-25-23(14-30)26(28-32(25)22-6-8-35-16-22)31-12-18(15-33)9-20-10-19(3-4-24(20)31)21-11-27-29(2)13-21;1-15(26)23-11-8-20-18(13-23)21(22-25(20)17-9-12-27-14-17)24-10-4-6-16-5-2-3-7-19(16)24/h10-13,19H,3-9,14-15H2,1-2H3;2*3-4,10-11,13,18,22,33H,5-9,12,14-16H2,1-2H3;2-3,5,7,17H,4,6,8-14H2,1H3/t19-;18-,22+;18-,22-;17-/m0100/s1. The van der Waals surface area contributed by atoms with E-state index < -0.39 is 6.36 Å². The molecule has 4 fully saturated rings. The van der Waals surface area contributed by atoms with Crippen molar-refractivity contribution in [3.63, 3.8) is 0 Å². The van der Waals surface area contributed by atoms with Crippen LogP contribution in [0.3, 0.4) is 0 Å². The van der Waals surface area contributed by atoms with Crippen molar-refractivity contribution in [2.45, 2.75) is 174 Å². The monoisotopic (exact) mass is 1850 g/mol. The number of para-hydroxylation sites is 1. The van der Waals surface area contributed by atoms with E-state index in [1.54, 1.807) is 56.6 Å². The number of aromatic nitrogens is 14. The largest absolute Gasteiger partial charge is 0.573 e. The summed E-state index contributed by atoms with van der Waals surface area (Å²) in [6.07, 6.45) is 18.4. The number of amides is 4. The van der Waals surface area contributed by atoms with Gasteiger partial charge in [0.15, 0.2) is 23.3 Å². The van der Waals surface area contributed by atoms with Gasteiger partial charge in [0.25, 0.3) is 0 Å². The van der Waals surface area contributed by atoms with Crippen LogP contribution in [0.25, 0.3) is 33.4 Å². The van der Waals surface area contributed by atoms with Gasteiger partial charge >= 0.3 is 6.36 Å². The lowest BCUT2D eigenvalue weighted by atomic mass is 9.90. The minimum atomic E-state index is -4.85. The maximum atomic E-state index is 13.5. The molecule has 12 aliphatic rings. The van der Waals surface area contributed by atoms with Crippen LogP contribution >= 0.6 is 0 Å². The van der Waals surface area contributed by atoms with E-state index in [9.17, 15) is 42.6 Å². The Morgan fingerprint density at radius 3 is 1.11 bits per heavy atom. The Balaban J connectivity index is 0.000000112. The first-order chi connectivity index (χ1) is 65.4. The normalized spacial score (nSPS) is 21.2. The highest BCUT2D eigenvalue weighted by Crippen LogP contribution is 2.49. The van der Waals surface area contributed by atoms with Crippen LogP contribution in [-0.2, 0) is 137 Å². The Hall–Kier alpha value is -12.2. The van der Waals surface area contributed by atoms with Crippen LogP contribution in [0.4, 0.5) is 59.2 Å². The average molecular weight is 1850 g/mol. The summed E-state index contributed by atoms with van der Waals surface area (Å²) in [5.41, 5.74) is 23.3. The van der Waals surface area contributed by atoms with Crippen molar-refractivity contribution >= 4 is 69.6 Å². The van der Waals surface area contributed by atoms with E-state index in [2.05, 4.69) is 109 Å². The van der Waals surface area contributed by atoms with E-state index in [4.69, 9.17) is 39.3 Å². The highest BCUT2D eigenvalue weighted by Gasteiger charge is 2.43. The van der Waals surface area contributed by atoms with Gasteiger partial charge < -0.3 is 73.1 Å². The maximum absolute atomic E-state index is 13.5. The lowest BCUT2D eigenvalue weighted by Gasteiger charge is -2.36. The quantitative estimate of drug-likeness (QED) is 0.102. The fourth-order valence-corrected chi connectivity index (χ4v) is 21.9. The maximum Gasteiger partial charge on any atom is 0.573 e. The van der Waals surface area contributed by atoms with Crippen LogP contribution in [0.5, 0.6) is 5.75 Å². The summed E-state index contributed by atoms with van der Waals surface area (Å²) in [5, 5.41) is 53.6. The summed E-state index contributed by atoms with van der Waals surface area (Å²) in [6, 6.07) is 25.8. The third-order valence-corrected chi connectivity index (χ3v) is 29.0. The van der Waals surface area contributed by atoms with E-state index in [0.717, 1.165) is 196 Å². The first-order valence-electron chi connectivity index (χ1n) is 47.7. The molecule has 0 radical (unpaired) electrons. The predicted molar refractivity (Wildman–Crippen MR) is 498 cm³/mol. The van der Waals surface area contributed by atoms with Crippen LogP contribution in [-0.4, -0.2) is 247 Å². The molecule has 712 valence electrons. The van der Waals surface area contributed by atoms with Crippen LogP contribution in [0.1, 0.15) is 158 Å². The van der Waals surface area contributed by atoms with E-state index in [1.807, 2.05) is 72.5 Å². The SMILES string of the molecule is CC(=O)N1CCc2c(c(N3CCCc4cc(-c5cnn(C)c5)c(OC(F)(F)F)cc43)nn2[C@H]2CCOC2)C1.CC(=O)N1CCc2c(c(N3CCCc4ccccc43)nn2[C@H]2CCOC2)C1.CC(=O)N1CCc2c(c(N3C[C@@H](CO)Cc4cc(-c5cnn(C)c5)ccc43)nn2[C@H]2CCOC2)C1.CC(=O)N1CCc2c(c(N3C[C@H](CO)Cc4cc(-c5cnn(C)c5)ccc43)nn2[C@H]2CCOC2)C1. The Bertz CT molecular complexity index is 6040. The smallest absolute Gasteiger partial charge is 0.405 e. The number of fused-ring (bicyclic) bond motifs is 8. The van der Waals surface area contributed by atoms with Crippen molar-refractivity contribution in [3.05, 3.63) is 177 Å². The van der Waals surface area contributed by atoms with E-state index in [1.165, 1.54) is 57.3 Å². The molecule has 0 unspecified atom stereocenters. The molecule has 36 heteroatoms. The molecule has 11 aromatic rings. The van der Waals surface area contributed by atoms with Gasteiger partial charge in [0, 0.05) is 293 Å². The average Bonchev–Trinajstić information content (AvgIpc) is 1.61. The third kappa shape index (κ3) is 18.3. The summed E-state index contributed by atoms with van der Waals surface area (Å²) in [4.78, 5) is 65.2. The van der Waals surface area contributed by atoms with Crippen LogP contribution in [0, 0.1) is 11.8 Å². The van der Waals surface area contributed by atoms with Crippen LogP contribution in [0.15, 0.2) is 110 Å². The fraction of sp³-hybridized carbons (Fsp3) is 0.505. The van der Waals surface area contributed by atoms with Crippen LogP contribution < -0.4 is 24.3 Å². The Morgan fingerprint density at radius 2 is 0.763 bits per heavy atom. The fourth-order valence-electron chi connectivity index (χ4n) is 21.9. The molecule has 2 N–H and O–H groups in total. The number of aryl methyl sites for hydroxylation is 5. The van der Waals surface area contributed by atoms with E-state index in [0.29, 0.717) is 133 Å². The molecule has 0 saturated carbocycles. The van der Waals surface area contributed by atoms with Gasteiger partial charge in [-0.3, -0.25) is 52.0 Å². The molecule has 4 aromatic carbocycles. The van der Waals surface area contributed by atoms with Gasteiger partial charge in [0.2, 0.25) is 23.6 Å². The number of nitrogens with zero attached hydrogens (tertiary/aromatic N) is 22. The van der Waals surface area contributed by atoms with E-state index in [-0.39, 0.29) is 72.6 Å². The molecule has 0 spiro atoms. The van der Waals surface area contributed by atoms with Crippen molar-refractivity contribution in [1.29, 1.82) is 0 Å². The lowest BCUT2D eigenvalue weighted by Crippen LogP contribution is -2.37. The topological polar surface area (TPSA) is 306 Å². The molecule has 6 atom stereocenters. The molecule has 12 aliphatic heterocycles. The van der Waals surface area contributed by atoms with E-state index >= 15 is 0 Å². The number of halogens is 3. The van der Waals surface area contributed by atoms with Crippen molar-refractivity contribution in [2.75, 3.05) is 138 Å². The van der Waals surface area contributed by atoms with Crippen molar-refractivity contribution in [2.24, 2.45) is 33.0 Å². The number of aliphatic hydroxyl groups is 2. The number of hydrogen-bond acceptors (Lipinski definition) is 22. The molecule has 7 aromatic heterocycles. The minimum Gasteiger partial charge on any atom is -0.405 e. The number of carbonyl (C=O) groups excluding carboxylic acids is 4. The molecule has 0 aliphatic carbocycles. The number of ether oxygens (including phenoxy) is 5. The van der Waals surface area contributed by atoms with Crippen molar-refractivity contribution < 1.29 is 66.2 Å². The zero-order valence-electron chi connectivity index (χ0n) is 77.9. The Kier molecular flexibility index (Phi) is 25.6. The summed E-state index contributed by atoms with van der Waals surface area (Å²) < 4.78 is 81.4. The summed E-state index contributed by atoms with van der Waals surface area (Å²) in [5.74, 6) is 3.78. The highest BCUT2D eigenvalue weighted by atomic mass is 19.4. The second-order valence-corrected chi connectivity index (χ2v) is 37.9. The first-order valence-corrected chi connectivity index (χ1v) is 47.7. The summed E-state index contributed by atoms with van der Waals surface area (Å²) >= 11 is 0. The van der Waals surface area contributed by atoms with Gasteiger partial charge in [-0.25, -0.2) is 0 Å².